The molecule has 0 radical (unpaired) electrons. The molecule has 2 aromatic rings. The number of carbonyl (C=O) groups is 1. The normalized spacial score (nSPS) is 17.9. The third-order valence-corrected chi connectivity index (χ3v) is 7.31. The van der Waals surface area contributed by atoms with Crippen molar-refractivity contribution in [2.24, 2.45) is 16.0 Å². The molecule has 1 saturated heterocycles. The molecule has 0 aliphatic carbocycles. The first-order chi connectivity index (χ1) is 19.1. The number of anilines is 1. The van der Waals surface area contributed by atoms with Crippen LogP contribution in [0, 0.1) is 11.7 Å². The Hall–Kier alpha value is -4.01. The number of pyridine rings is 1. The van der Waals surface area contributed by atoms with Gasteiger partial charge in [0, 0.05) is 31.6 Å². The van der Waals surface area contributed by atoms with E-state index in [4.69, 9.17) is 19.8 Å². The summed E-state index contributed by atoms with van der Waals surface area (Å²) in [6.07, 6.45) is 6.30. The van der Waals surface area contributed by atoms with Gasteiger partial charge in [0.25, 0.3) is 0 Å². The highest BCUT2D eigenvalue weighted by molar-refractivity contribution is 6.08. The molecule has 0 spiro atoms. The molecule has 4 heterocycles. The van der Waals surface area contributed by atoms with Crippen molar-refractivity contribution in [3.05, 3.63) is 71.8 Å². The molecule has 40 heavy (non-hydrogen) atoms. The molecular formula is C31H37FN6O2. The molecule has 9 heteroatoms. The van der Waals surface area contributed by atoms with Crippen molar-refractivity contribution in [2.45, 2.75) is 52.6 Å². The number of likely N-dealkylation sites (tertiary alicyclic amines) is 1. The molecule has 0 N–H and O–H groups in total. The van der Waals surface area contributed by atoms with Crippen molar-refractivity contribution in [2.75, 3.05) is 31.6 Å². The maximum absolute atomic E-state index is 13.5. The smallest absolute Gasteiger partial charge is 0.410 e. The summed E-state index contributed by atoms with van der Waals surface area (Å²) in [6, 6.07) is 12.2. The fraction of sp³-hybridized carbons (Fsp3) is 0.419. The standard InChI is InChI=1S/C31H37FN6O2/c1-6-21-20-33-27-15-14-26(23-16-18-37(19-17-23)30(39)40-31(2,3)4)35-38(27)29(21)36(5)28-9-7-8-25(34-28)22-10-12-24(32)13-11-22/h7-15,23H,6,16-20H2,1-5H3. The minimum absolute atomic E-state index is 0.231. The summed E-state index contributed by atoms with van der Waals surface area (Å²) in [5.41, 5.74) is 3.27. The van der Waals surface area contributed by atoms with Crippen LogP contribution in [-0.2, 0) is 4.74 Å². The predicted octanol–water partition coefficient (Wildman–Crippen LogP) is 6.23. The van der Waals surface area contributed by atoms with Crippen LogP contribution in [0.25, 0.3) is 11.3 Å². The first-order valence-corrected chi connectivity index (χ1v) is 13.9. The Kier molecular flexibility index (Phi) is 7.74. The number of hydrogen-bond acceptors (Lipinski definition) is 7. The van der Waals surface area contributed by atoms with Crippen LogP contribution in [0.3, 0.4) is 0 Å². The van der Waals surface area contributed by atoms with Crippen LogP contribution in [0.2, 0.25) is 0 Å². The molecule has 0 saturated carbocycles. The van der Waals surface area contributed by atoms with Crippen LogP contribution in [0.4, 0.5) is 15.0 Å². The maximum Gasteiger partial charge on any atom is 0.410 e. The van der Waals surface area contributed by atoms with Crippen molar-refractivity contribution >= 4 is 23.5 Å². The highest BCUT2D eigenvalue weighted by Gasteiger charge is 2.33. The number of aromatic nitrogens is 1. The van der Waals surface area contributed by atoms with Gasteiger partial charge in [-0.3, -0.25) is 4.99 Å². The summed E-state index contributed by atoms with van der Waals surface area (Å²) in [5.74, 6) is 2.47. The number of amidine groups is 1. The SMILES string of the molecule is CCC1=C(N(C)c2cccc(-c3ccc(F)cc3)n2)N2N=C(C3CCN(C(=O)OC(C)(C)C)CC3)C=CC2=NC1. The van der Waals surface area contributed by atoms with Gasteiger partial charge >= 0.3 is 6.09 Å². The van der Waals surface area contributed by atoms with E-state index in [9.17, 15) is 9.18 Å². The summed E-state index contributed by atoms with van der Waals surface area (Å²) in [4.78, 5) is 26.1. The maximum atomic E-state index is 13.5. The molecule has 0 atom stereocenters. The van der Waals surface area contributed by atoms with E-state index in [1.807, 2.05) is 57.1 Å². The largest absolute Gasteiger partial charge is 0.444 e. The number of allylic oxidation sites excluding steroid dienone is 1. The van der Waals surface area contributed by atoms with Gasteiger partial charge in [-0.15, -0.1) is 0 Å². The number of hydrogen-bond donors (Lipinski definition) is 0. The molecule has 3 aliphatic heterocycles. The summed E-state index contributed by atoms with van der Waals surface area (Å²) < 4.78 is 19.0. The summed E-state index contributed by atoms with van der Waals surface area (Å²) in [7, 11) is 2.00. The number of ether oxygens (including phenoxy) is 1. The van der Waals surface area contributed by atoms with E-state index in [1.165, 1.54) is 17.7 Å². The van der Waals surface area contributed by atoms with Gasteiger partial charge in [-0.05, 0) is 94.2 Å². The number of carbonyl (C=O) groups excluding carboxylic acids is 1. The quantitative estimate of drug-likeness (QED) is 0.446. The molecule has 5 rings (SSSR count). The Bertz CT molecular complexity index is 1380. The zero-order valence-electron chi connectivity index (χ0n) is 23.9. The van der Waals surface area contributed by atoms with Crippen molar-refractivity contribution in [3.63, 3.8) is 0 Å². The second-order valence-electron chi connectivity index (χ2n) is 11.3. The number of rotatable bonds is 5. The number of hydrazone groups is 1. The molecule has 0 unspecified atom stereocenters. The third-order valence-electron chi connectivity index (χ3n) is 7.31. The summed E-state index contributed by atoms with van der Waals surface area (Å²) in [6.45, 7) is 9.66. The van der Waals surface area contributed by atoms with E-state index in [1.54, 1.807) is 17.0 Å². The Balaban J connectivity index is 1.37. The minimum atomic E-state index is -0.507. The van der Waals surface area contributed by atoms with Crippen molar-refractivity contribution < 1.29 is 13.9 Å². The average molecular weight is 545 g/mol. The second-order valence-corrected chi connectivity index (χ2v) is 11.3. The Morgan fingerprint density at radius 1 is 1.10 bits per heavy atom. The molecule has 1 amide bonds. The molecule has 1 fully saturated rings. The first kappa shape index (κ1) is 27.6. The first-order valence-electron chi connectivity index (χ1n) is 13.9. The topological polar surface area (TPSA) is 73.6 Å². The van der Waals surface area contributed by atoms with Gasteiger partial charge in [0.1, 0.15) is 23.1 Å². The van der Waals surface area contributed by atoms with Gasteiger partial charge in [0.15, 0.2) is 5.84 Å². The number of nitrogens with zero attached hydrogens (tertiary/aromatic N) is 6. The predicted molar refractivity (Wildman–Crippen MR) is 157 cm³/mol. The number of aliphatic imine (C=N–C) groups is 1. The number of piperidine rings is 1. The fourth-order valence-corrected chi connectivity index (χ4v) is 5.15. The van der Waals surface area contributed by atoms with Gasteiger partial charge in [-0.1, -0.05) is 13.0 Å². The van der Waals surface area contributed by atoms with E-state index in [-0.39, 0.29) is 17.8 Å². The molecular weight excluding hydrogens is 507 g/mol. The monoisotopic (exact) mass is 544 g/mol. The lowest BCUT2D eigenvalue weighted by Gasteiger charge is -2.38. The zero-order valence-corrected chi connectivity index (χ0v) is 23.9. The van der Waals surface area contributed by atoms with Crippen molar-refractivity contribution in [1.82, 2.24) is 14.9 Å². The number of amides is 1. The average Bonchev–Trinajstić information content (AvgIpc) is 2.95. The summed E-state index contributed by atoms with van der Waals surface area (Å²) in [5, 5.41) is 7.04. The Morgan fingerprint density at radius 2 is 1.82 bits per heavy atom. The van der Waals surface area contributed by atoms with E-state index in [2.05, 4.69) is 17.9 Å². The number of halogens is 1. The number of fused-ring (bicyclic) bond motifs is 1. The minimum Gasteiger partial charge on any atom is -0.444 e. The van der Waals surface area contributed by atoms with E-state index >= 15 is 0 Å². The lowest BCUT2D eigenvalue weighted by atomic mass is 9.91. The van der Waals surface area contributed by atoms with Crippen molar-refractivity contribution in [3.8, 4) is 11.3 Å². The van der Waals surface area contributed by atoms with E-state index in [0.29, 0.717) is 19.6 Å². The second kappa shape index (κ2) is 11.2. The number of benzene rings is 1. The zero-order chi connectivity index (χ0) is 28.4. The third kappa shape index (κ3) is 5.93. The van der Waals surface area contributed by atoms with Crippen LogP contribution in [-0.4, -0.2) is 64.8 Å². The van der Waals surface area contributed by atoms with E-state index < -0.39 is 5.60 Å². The Morgan fingerprint density at radius 3 is 2.50 bits per heavy atom. The van der Waals surface area contributed by atoms with Gasteiger partial charge < -0.3 is 14.5 Å². The lowest BCUT2D eigenvalue weighted by molar-refractivity contribution is 0.0202. The van der Waals surface area contributed by atoms with Gasteiger partial charge in [0.2, 0.25) is 0 Å². The molecule has 3 aliphatic rings. The molecule has 0 bridgehead atoms. The summed E-state index contributed by atoms with van der Waals surface area (Å²) >= 11 is 0. The molecule has 1 aromatic heterocycles. The molecule has 8 nitrogen and oxygen atoms in total. The Labute approximate surface area is 235 Å². The van der Waals surface area contributed by atoms with Crippen molar-refractivity contribution in [1.29, 1.82) is 0 Å². The van der Waals surface area contributed by atoms with Crippen LogP contribution >= 0.6 is 0 Å². The van der Waals surface area contributed by atoms with Gasteiger partial charge in [0.05, 0.1) is 18.0 Å². The van der Waals surface area contributed by atoms with Crippen LogP contribution in [0.1, 0.15) is 47.0 Å². The highest BCUT2D eigenvalue weighted by atomic mass is 19.1. The van der Waals surface area contributed by atoms with Crippen LogP contribution in [0.5, 0.6) is 0 Å². The van der Waals surface area contributed by atoms with Crippen LogP contribution in [0.15, 0.2) is 76.1 Å². The van der Waals surface area contributed by atoms with Crippen LogP contribution < -0.4 is 4.90 Å². The lowest BCUT2D eigenvalue weighted by Crippen LogP contribution is -2.44. The van der Waals surface area contributed by atoms with E-state index in [0.717, 1.165) is 53.7 Å². The van der Waals surface area contributed by atoms with Gasteiger partial charge in [-0.25, -0.2) is 14.2 Å². The van der Waals surface area contributed by atoms with Gasteiger partial charge in [-0.2, -0.15) is 10.1 Å². The fourth-order valence-electron chi connectivity index (χ4n) is 5.15. The molecule has 210 valence electrons. The molecule has 1 aromatic carbocycles. The highest BCUT2D eigenvalue weighted by Crippen LogP contribution is 2.31.